The Morgan fingerprint density at radius 1 is 0.857 bits per heavy atom. The van der Waals surface area contributed by atoms with Gasteiger partial charge in [0.05, 0.1) is 11.1 Å². The number of rotatable bonds is 2. The van der Waals surface area contributed by atoms with E-state index in [1.54, 1.807) is 0 Å². The summed E-state index contributed by atoms with van der Waals surface area (Å²) in [6, 6.07) is 10.2. The van der Waals surface area contributed by atoms with E-state index < -0.39 is 16.6 Å². The molecule has 0 aliphatic heterocycles. The Hall–Kier alpha value is -1.36. The molecule has 0 saturated carbocycles. The lowest BCUT2D eigenvalue weighted by atomic mass is 9.51. The van der Waals surface area contributed by atoms with Gasteiger partial charge in [0, 0.05) is 16.7 Å². The molecule has 4 heteroatoms. The first-order valence-electron chi connectivity index (χ1n) is 7.35. The Labute approximate surface area is 127 Å². The third-order valence-corrected chi connectivity index (χ3v) is 5.83. The van der Waals surface area contributed by atoms with Crippen molar-refractivity contribution in [2.45, 2.75) is 50.7 Å². The molecule has 1 aliphatic carbocycles. The molecular weight excluding hydrogens is 260 g/mol. The lowest BCUT2D eigenvalue weighted by Crippen LogP contribution is -2.83. The minimum Gasteiger partial charge on any atom is -0.401 e. The Bertz CT molecular complexity index is 557. The van der Waals surface area contributed by atoms with Gasteiger partial charge in [-0.3, -0.25) is 0 Å². The van der Waals surface area contributed by atoms with Gasteiger partial charge in [0.2, 0.25) is 0 Å². The fourth-order valence-electron chi connectivity index (χ4n) is 3.33. The minimum absolute atomic E-state index is 0.374. The lowest BCUT2D eigenvalue weighted by Gasteiger charge is -2.61. The summed E-state index contributed by atoms with van der Waals surface area (Å²) >= 11 is 0. The van der Waals surface area contributed by atoms with Crippen molar-refractivity contribution < 1.29 is 0 Å². The number of nitrogens with two attached hydrogens (primary N) is 4. The Morgan fingerprint density at radius 2 is 1.38 bits per heavy atom. The largest absolute Gasteiger partial charge is 0.401 e. The molecule has 4 atom stereocenters. The number of hydrogen-bond donors (Lipinski definition) is 4. The topological polar surface area (TPSA) is 104 Å². The average molecular weight is 288 g/mol. The molecule has 1 aromatic carbocycles. The maximum atomic E-state index is 6.71. The highest BCUT2D eigenvalue weighted by atomic mass is 15.1. The highest BCUT2D eigenvalue weighted by molar-refractivity contribution is 5.39. The van der Waals surface area contributed by atoms with Crippen molar-refractivity contribution in [2.24, 2.45) is 28.3 Å². The van der Waals surface area contributed by atoms with E-state index in [9.17, 15) is 0 Å². The van der Waals surface area contributed by atoms with Crippen molar-refractivity contribution in [3.05, 3.63) is 47.7 Å². The van der Waals surface area contributed by atoms with Crippen LogP contribution in [0.15, 0.2) is 42.1 Å². The van der Waals surface area contributed by atoms with Crippen LogP contribution in [0, 0.1) is 5.41 Å². The van der Waals surface area contributed by atoms with E-state index in [2.05, 4.69) is 19.1 Å². The molecule has 0 radical (unpaired) electrons. The van der Waals surface area contributed by atoms with E-state index in [4.69, 9.17) is 22.9 Å². The molecule has 2 rings (SSSR count). The SMILES string of the molecule is CC1(Cc2ccccc2)C=C(N)C(C)(N)C(C)(N)C1(C)N. The Balaban J connectivity index is 2.55. The fraction of sp³-hybridized carbons (Fsp3) is 0.529. The molecule has 0 spiro atoms. The molecule has 1 aliphatic rings. The Morgan fingerprint density at radius 3 is 1.90 bits per heavy atom. The summed E-state index contributed by atoms with van der Waals surface area (Å²) in [5.41, 5.74) is 25.0. The molecule has 0 fully saturated rings. The van der Waals surface area contributed by atoms with Crippen molar-refractivity contribution in [3.8, 4) is 0 Å². The van der Waals surface area contributed by atoms with Crippen LogP contribution in [0.3, 0.4) is 0 Å². The van der Waals surface area contributed by atoms with Gasteiger partial charge in [-0.1, -0.05) is 43.3 Å². The monoisotopic (exact) mass is 288 g/mol. The minimum atomic E-state index is -0.841. The molecule has 1 aromatic rings. The molecule has 4 unspecified atom stereocenters. The normalized spacial score (nSPS) is 43.5. The van der Waals surface area contributed by atoms with E-state index in [1.807, 2.05) is 45.0 Å². The predicted molar refractivity (Wildman–Crippen MR) is 88.3 cm³/mol. The van der Waals surface area contributed by atoms with Crippen LogP contribution >= 0.6 is 0 Å². The van der Waals surface area contributed by atoms with Gasteiger partial charge in [-0.05, 0) is 32.8 Å². The number of benzene rings is 1. The predicted octanol–water partition coefficient (Wildman–Crippen LogP) is 1.24. The highest BCUT2D eigenvalue weighted by Crippen LogP contribution is 2.49. The van der Waals surface area contributed by atoms with Crippen molar-refractivity contribution in [1.29, 1.82) is 0 Å². The van der Waals surface area contributed by atoms with Crippen LogP contribution < -0.4 is 22.9 Å². The van der Waals surface area contributed by atoms with E-state index in [0.717, 1.165) is 6.42 Å². The van der Waals surface area contributed by atoms with Gasteiger partial charge in [-0.2, -0.15) is 0 Å². The van der Waals surface area contributed by atoms with E-state index in [0.29, 0.717) is 5.70 Å². The van der Waals surface area contributed by atoms with Gasteiger partial charge in [-0.15, -0.1) is 0 Å². The molecule has 0 amide bonds. The van der Waals surface area contributed by atoms with Crippen molar-refractivity contribution >= 4 is 0 Å². The summed E-state index contributed by atoms with van der Waals surface area (Å²) in [6.45, 7) is 7.83. The van der Waals surface area contributed by atoms with Crippen molar-refractivity contribution in [1.82, 2.24) is 0 Å². The molecule has 4 nitrogen and oxygen atoms in total. The Kier molecular flexibility index (Phi) is 3.48. The van der Waals surface area contributed by atoms with Crippen LogP contribution in [0.5, 0.6) is 0 Å². The molecule has 0 bridgehead atoms. The zero-order valence-corrected chi connectivity index (χ0v) is 13.5. The summed E-state index contributed by atoms with van der Waals surface area (Å²) in [5, 5.41) is 0. The van der Waals surface area contributed by atoms with Gasteiger partial charge in [0.15, 0.2) is 0 Å². The first kappa shape index (κ1) is 16.0. The highest BCUT2D eigenvalue weighted by Gasteiger charge is 2.61. The molecule has 0 aromatic heterocycles. The van der Waals surface area contributed by atoms with E-state index in [-0.39, 0.29) is 5.41 Å². The van der Waals surface area contributed by atoms with Crippen LogP contribution in [-0.4, -0.2) is 16.6 Å². The van der Waals surface area contributed by atoms with Gasteiger partial charge >= 0.3 is 0 Å². The second kappa shape index (κ2) is 4.57. The van der Waals surface area contributed by atoms with Crippen LogP contribution in [0.1, 0.15) is 33.3 Å². The average Bonchev–Trinajstić information content (AvgIpc) is 2.37. The number of hydrogen-bond acceptors (Lipinski definition) is 4. The summed E-state index contributed by atoms with van der Waals surface area (Å²) in [6.07, 6.45) is 2.78. The van der Waals surface area contributed by atoms with Gasteiger partial charge in [-0.25, -0.2) is 0 Å². The third-order valence-electron chi connectivity index (χ3n) is 5.83. The third kappa shape index (κ3) is 2.09. The fourth-order valence-corrected chi connectivity index (χ4v) is 3.33. The van der Waals surface area contributed by atoms with Gasteiger partial charge in [0.1, 0.15) is 0 Å². The van der Waals surface area contributed by atoms with E-state index >= 15 is 0 Å². The smallest absolute Gasteiger partial charge is 0.0722 e. The zero-order chi connectivity index (χ0) is 16.1. The molecular formula is C17H28N4. The summed E-state index contributed by atoms with van der Waals surface area (Å²) < 4.78 is 0. The van der Waals surface area contributed by atoms with Crippen LogP contribution in [0.25, 0.3) is 0 Å². The van der Waals surface area contributed by atoms with Crippen LogP contribution in [-0.2, 0) is 6.42 Å². The van der Waals surface area contributed by atoms with Crippen molar-refractivity contribution in [3.63, 3.8) is 0 Å². The van der Waals surface area contributed by atoms with Gasteiger partial charge < -0.3 is 22.9 Å². The quantitative estimate of drug-likeness (QED) is 0.657. The standard InChI is InChI=1S/C17H28N4/c1-14(10-12-8-6-5-7-9-12)11-13(18)15(2,19)17(4,21)16(14,3)20/h5-9,11H,10,18-21H2,1-4H3. The molecule has 0 saturated heterocycles. The molecule has 8 N–H and O–H groups in total. The van der Waals surface area contributed by atoms with Crippen LogP contribution in [0.4, 0.5) is 0 Å². The first-order valence-corrected chi connectivity index (χ1v) is 7.35. The summed E-state index contributed by atoms with van der Waals surface area (Å²) in [5.74, 6) is 0. The second-order valence-electron chi connectivity index (χ2n) is 7.29. The van der Waals surface area contributed by atoms with E-state index in [1.165, 1.54) is 5.56 Å². The van der Waals surface area contributed by atoms with Gasteiger partial charge in [0.25, 0.3) is 0 Å². The zero-order valence-electron chi connectivity index (χ0n) is 13.5. The summed E-state index contributed by atoms with van der Waals surface area (Å²) in [4.78, 5) is 0. The molecule has 21 heavy (non-hydrogen) atoms. The summed E-state index contributed by atoms with van der Waals surface area (Å²) in [7, 11) is 0. The maximum Gasteiger partial charge on any atom is 0.0722 e. The first-order chi connectivity index (χ1) is 9.46. The molecule has 0 heterocycles. The van der Waals surface area contributed by atoms with Crippen molar-refractivity contribution in [2.75, 3.05) is 0 Å². The molecule has 116 valence electrons. The lowest BCUT2D eigenvalue weighted by molar-refractivity contribution is 0.0593. The van der Waals surface area contributed by atoms with Crippen LogP contribution in [0.2, 0.25) is 0 Å². The maximum absolute atomic E-state index is 6.71. The second-order valence-corrected chi connectivity index (χ2v) is 7.29.